The van der Waals surface area contributed by atoms with Gasteiger partial charge in [-0.2, -0.15) is 0 Å². The molecule has 0 aliphatic rings. The zero-order valence-corrected chi connectivity index (χ0v) is 12.0. The molecule has 2 heterocycles. The Morgan fingerprint density at radius 2 is 1.95 bits per heavy atom. The van der Waals surface area contributed by atoms with Gasteiger partial charge in [-0.05, 0) is 60.2 Å². The molecule has 0 saturated heterocycles. The van der Waals surface area contributed by atoms with E-state index in [0.717, 1.165) is 10.9 Å². The summed E-state index contributed by atoms with van der Waals surface area (Å²) >= 11 is 1.78. The highest BCUT2D eigenvalue weighted by molar-refractivity contribution is 7.13. The Morgan fingerprint density at radius 1 is 1.11 bits per heavy atom. The van der Waals surface area contributed by atoms with Gasteiger partial charge in [0.1, 0.15) is 0 Å². The van der Waals surface area contributed by atoms with Crippen molar-refractivity contribution in [1.82, 2.24) is 4.98 Å². The monoisotopic (exact) mass is 269 g/mol. The number of benzene rings is 1. The van der Waals surface area contributed by atoms with E-state index in [1.165, 1.54) is 21.6 Å². The fraction of sp³-hybridized carbons (Fsp3) is 0.188. The molecule has 0 amide bonds. The van der Waals surface area contributed by atoms with Crippen molar-refractivity contribution in [2.45, 2.75) is 13.8 Å². The average molecular weight is 269 g/mol. The molecule has 2 aromatic heterocycles. The van der Waals surface area contributed by atoms with Gasteiger partial charge in [0.2, 0.25) is 5.88 Å². The van der Waals surface area contributed by atoms with E-state index in [9.17, 15) is 0 Å². The lowest BCUT2D eigenvalue weighted by molar-refractivity contribution is 0.399. The van der Waals surface area contributed by atoms with Gasteiger partial charge in [0.15, 0.2) is 0 Å². The third kappa shape index (κ3) is 2.22. The number of methoxy groups -OCH3 is 1. The van der Waals surface area contributed by atoms with Gasteiger partial charge in [0, 0.05) is 16.3 Å². The van der Waals surface area contributed by atoms with E-state index in [-0.39, 0.29) is 0 Å². The Balaban J connectivity index is 2.19. The molecule has 1 aromatic carbocycles. The van der Waals surface area contributed by atoms with E-state index < -0.39 is 0 Å². The Bertz CT molecular complexity index is 746. The summed E-state index contributed by atoms with van der Waals surface area (Å²) < 4.78 is 5.19. The number of ether oxygens (including phenoxy) is 1. The summed E-state index contributed by atoms with van der Waals surface area (Å²) in [6, 6.07) is 10.6. The summed E-state index contributed by atoms with van der Waals surface area (Å²) in [6.07, 6.45) is 0. The predicted molar refractivity (Wildman–Crippen MR) is 81.1 cm³/mol. The first-order chi connectivity index (χ1) is 9.17. The fourth-order valence-electron chi connectivity index (χ4n) is 2.23. The number of pyridine rings is 1. The van der Waals surface area contributed by atoms with Crippen molar-refractivity contribution in [3.8, 4) is 16.3 Å². The topological polar surface area (TPSA) is 22.1 Å². The first-order valence-corrected chi connectivity index (χ1v) is 7.06. The molecular formula is C16H15NOS. The molecule has 0 fully saturated rings. The summed E-state index contributed by atoms with van der Waals surface area (Å²) in [5.74, 6) is 0.662. The smallest absolute Gasteiger partial charge is 0.213 e. The first kappa shape index (κ1) is 12.2. The van der Waals surface area contributed by atoms with Crippen LogP contribution in [0.1, 0.15) is 11.1 Å². The van der Waals surface area contributed by atoms with Crippen LogP contribution in [0.2, 0.25) is 0 Å². The molecule has 96 valence electrons. The number of hydrogen-bond acceptors (Lipinski definition) is 3. The molecule has 2 nitrogen and oxygen atoms in total. The Morgan fingerprint density at radius 3 is 2.63 bits per heavy atom. The second kappa shape index (κ2) is 4.67. The van der Waals surface area contributed by atoms with E-state index in [1.807, 2.05) is 6.07 Å². The Labute approximate surface area is 116 Å². The van der Waals surface area contributed by atoms with Crippen LogP contribution in [-0.2, 0) is 0 Å². The number of aromatic nitrogens is 1. The number of hydrogen-bond donors (Lipinski definition) is 0. The van der Waals surface area contributed by atoms with Gasteiger partial charge >= 0.3 is 0 Å². The number of rotatable bonds is 2. The van der Waals surface area contributed by atoms with E-state index in [2.05, 4.69) is 48.5 Å². The van der Waals surface area contributed by atoms with E-state index in [0.29, 0.717) is 5.88 Å². The largest absolute Gasteiger partial charge is 0.481 e. The van der Waals surface area contributed by atoms with Crippen LogP contribution in [0.3, 0.4) is 0 Å². The Kier molecular flexibility index (Phi) is 2.99. The van der Waals surface area contributed by atoms with Crippen LogP contribution in [-0.4, -0.2) is 12.1 Å². The molecule has 3 heteroatoms. The van der Waals surface area contributed by atoms with Crippen molar-refractivity contribution in [3.63, 3.8) is 0 Å². The average Bonchev–Trinajstić information content (AvgIpc) is 2.85. The number of aryl methyl sites for hydroxylation is 2. The van der Waals surface area contributed by atoms with Gasteiger partial charge in [0.25, 0.3) is 0 Å². The molecule has 0 aliphatic heterocycles. The van der Waals surface area contributed by atoms with Crippen LogP contribution in [0.4, 0.5) is 0 Å². The van der Waals surface area contributed by atoms with Crippen molar-refractivity contribution in [2.75, 3.05) is 7.11 Å². The third-order valence-corrected chi connectivity index (χ3v) is 4.28. The molecule has 0 N–H and O–H groups in total. The lowest BCUT2D eigenvalue weighted by Crippen LogP contribution is -1.90. The zero-order chi connectivity index (χ0) is 13.4. The molecule has 0 radical (unpaired) electrons. The SMILES string of the molecule is COc1ccc2cc(-c3cc(C)cs3)cc(C)c2n1. The molecule has 3 rings (SSSR count). The van der Waals surface area contributed by atoms with Gasteiger partial charge < -0.3 is 4.74 Å². The highest BCUT2D eigenvalue weighted by Crippen LogP contribution is 2.31. The second-order valence-electron chi connectivity index (χ2n) is 4.71. The first-order valence-electron chi connectivity index (χ1n) is 6.18. The molecule has 0 spiro atoms. The molecule has 0 unspecified atom stereocenters. The Hall–Kier alpha value is -1.87. The van der Waals surface area contributed by atoms with Gasteiger partial charge in [-0.15, -0.1) is 11.3 Å². The van der Waals surface area contributed by atoms with Gasteiger partial charge in [0.05, 0.1) is 12.6 Å². The summed E-state index contributed by atoms with van der Waals surface area (Å²) in [5.41, 5.74) is 4.76. The van der Waals surface area contributed by atoms with Crippen molar-refractivity contribution in [1.29, 1.82) is 0 Å². The second-order valence-corrected chi connectivity index (χ2v) is 5.62. The van der Waals surface area contributed by atoms with Crippen LogP contribution in [0, 0.1) is 13.8 Å². The van der Waals surface area contributed by atoms with E-state index in [4.69, 9.17) is 4.74 Å². The maximum absolute atomic E-state index is 5.19. The minimum absolute atomic E-state index is 0.662. The summed E-state index contributed by atoms with van der Waals surface area (Å²) in [4.78, 5) is 5.82. The van der Waals surface area contributed by atoms with Crippen LogP contribution in [0.5, 0.6) is 5.88 Å². The van der Waals surface area contributed by atoms with Gasteiger partial charge in [-0.1, -0.05) is 0 Å². The minimum Gasteiger partial charge on any atom is -0.481 e. The van der Waals surface area contributed by atoms with Crippen molar-refractivity contribution >= 4 is 22.2 Å². The standard InChI is InChI=1S/C16H15NOS/c1-10-6-14(19-9-10)13-7-11(2)16-12(8-13)4-5-15(17-16)18-3/h4-9H,1-3H3. The van der Waals surface area contributed by atoms with Crippen molar-refractivity contribution < 1.29 is 4.74 Å². The van der Waals surface area contributed by atoms with Crippen molar-refractivity contribution in [3.05, 3.63) is 46.8 Å². The number of fused-ring (bicyclic) bond motifs is 1. The lowest BCUT2D eigenvalue weighted by atomic mass is 10.0. The fourth-order valence-corrected chi connectivity index (χ4v) is 3.12. The van der Waals surface area contributed by atoms with Crippen LogP contribution < -0.4 is 4.74 Å². The normalized spacial score (nSPS) is 10.9. The lowest BCUT2D eigenvalue weighted by Gasteiger charge is -2.07. The van der Waals surface area contributed by atoms with Crippen LogP contribution >= 0.6 is 11.3 Å². The van der Waals surface area contributed by atoms with Crippen molar-refractivity contribution in [2.24, 2.45) is 0 Å². The van der Waals surface area contributed by atoms with E-state index in [1.54, 1.807) is 18.4 Å². The third-order valence-electron chi connectivity index (χ3n) is 3.18. The molecule has 3 aromatic rings. The molecule has 0 saturated carbocycles. The molecule has 0 bridgehead atoms. The highest BCUT2D eigenvalue weighted by Gasteiger charge is 2.07. The summed E-state index contributed by atoms with van der Waals surface area (Å²) in [6.45, 7) is 4.22. The maximum Gasteiger partial charge on any atom is 0.213 e. The predicted octanol–water partition coefficient (Wildman–Crippen LogP) is 4.59. The number of nitrogens with zero attached hydrogens (tertiary/aromatic N) is 1. The summed E-state index contributed by atoms with van der Waals surface area (Å²) in [5, 5.41) is 3.34. The van der Waals surface area contributed by atoms with Gasteiger partial charge in [-0.3, -0.25) is 0 Å². The van der Waals surface area contributed by atoms with E-state index >= 15 is 0 Å². The number of thiophene rings is 1. The highest BCUT2D eigenvalue weighted by atomic mass is 32.1. The maximum atomic E-state index is 5.19. The summed E-state index contributed by atoms with van der Waals surface area (Å²) in [7, 11) is 1.65. The minimum atomic E-state index is 0.662. The van der Waals surface area contributed by atoms with Crippen LogP contribution in [0.25, 0.3) is 21.3 Å². The molecular weight excluding hydrogens is 254 g/mol. The van der Waals surface area contributed by atoms with Gasteiger partial charge in [-0.25, -0.2) is 4.98 Å². The molecule has 0 atom stereocenters. The zero-order valence-electron chi connectivity index (χ0n) is 11.2. The molecule has 19 heavy (non-hydrogen) atoms. The van der Waals surface area contributed by atoms with Crippen LogP contribution in [0.15, 0.2) is 35.7 Å². The molecule has 0 aliphatic carbocycles. The quantitative estimate of drug-likeness (QED) is 0.679.